The van der Waals surface area contributed by atoms with E-state index in [1.807, 2.05) is 0 Å². The zero-order valence-corrected chi connectivity index (χ0v) is 15.1. The van der Waals surface area contributed by atoms with Gasteiger partial charge in [0.2, 0.25) is 10.0 Å². The molecule has 23 heavy (non-hydrogen) atoms. The summed E-state index contributed by atoms with van der Waals surface area (Å²) in [6, 6.07) is 0. The normalized spacial score (nSPS) is 36.3. The van der Waals surface area contributed by atoms with Gasteiger partial charge in [-0.1, -0.05) is 0 Å². The monoisotopic (exact) mass is 342 g/mol. The van der Waals surface area contributed by atoms with E-state index in [4.69, 9.17) is 4.74 Å². The van der Waals surface area contributed by atoms with Crippen molar-refractivity contribution in [3.63, 3.8) is 0 Å². The summed E-state index contributed by atoms with van der Waals surface area (Å²) < 4.78 is 31.6. The van der Waals surface area contributed by atoms with E-state index in [0.717, 1.165) is 44.6 Å². The van der Waals surface area contributed by atoms with Gasteiger partial charge in [0, 0.05) is 50.7 Å². The van der Waals surface area contributed by atoms with Crippen molar-refractivity contribution in [3.05, 3.63) is 0 Å². The number of sulfonamides is 1. The van der Waals surface area contributed by atoms with Crippen molar-refractivity contribution in [2.24, 2.45) is 23.2 Å². The van der Waals surface area contributed by atoms with Gasteiger partial charge < -0.3 is 9.64 Å². The van der Waals surface area contributed by atoms with E-state index >= 15 is 0 Å². The molecule has 0 N–H and O–H groups in total. The van der Waals surface area contributed by atoms with Gasteiger partial charge in [-0.15, -0.1) is 0 Å². The van der Waals surface area contributed by atoms with Crippen LogP contribution in [0.3, 0.4) is 0 Å². The first-order valence-corrected chi connectivity index (χ1v) is 11.0. The van der Waals surface area contributed by atoms with Crippen LogP contribution in [0.5, 0.6) is 0 Å². The van der Waals surface area contributed by atoms with Gasteiger partial charge in [0.05, 0.1) is 12.9 Å². The molecule has 2 saturated carbocycles. The third-order valence-electron chi connectivity index (χ3n) is 6.29. The first-order valence-electron chi connectivity index (χ1n) is 9.20. The minimum Gasteiger partial charge on any atom is -0.381 e. The molecule has 2 atom stereocenters. The van der Waals surface area contributed by atoms with Crippen molar-refractivity contribution in [2.45, 2.75) is 32.1 Å². The van der Waals surface area contributed by atoms with Crippen molar-refractivity contribution in [1.29, 1.82) is 0 Å². The Balaban J connectivity index is 1.42. The summed E-state index contributed by atoms with van der Waals surface area (Å²) >= 11 is 0. The molecule has 2 aliphatic carbocycles. The molecule has 5 nitrogen and oxygen atoms in total. The fourth-order valence-corrected chi connectivity index (χ4v) is 5.36. The number of rotatable bonds is 7. The number of hydrogen-bond acceptors (Lipinski definition) is 4. The molecule has 132 valence electrons. The zero-order chi connectivity index (χ0) is 16.1. The fraction of sp³-hybridized carbons (Fsp3) is 1.00. The molecule has 0 amide bonds. The smallest absolute Gasteiger partial charge is 0.211 e. The zero-order valence-electron chi connectivity index (χ0n) is 14.2. The lowest BCUT2D eigenvalue weighted by Crippen LogP contribution is -2.38. The second-order valence-corrected chi connectivity index (χ2v) is 10.5. The van der Waals surface area contributed by atoms with Gasteiger partial charge in [-0.05, 0) is 43.9 Å². The maximum Gasteiger partial charge on any atom is 0.211 e. The summed E-state index contributed by atoms with van der Waals surface area (Å²) in [5, 5.41) is 0. The molecule has 4 fully saturated rings. The summed E-state index contributed by atoms with van der Waals surface area (Å²) in [7, 11) is -3.07. The predicted octanol–water partition coefficient (Wildman–Crippen LogP) is 1.41. The Kier molecular flexibility index (Phi) is 4.23. The SMILES string of the molecule is CS(=O)(=O)N1CC[C@@]2(CN(CC3CC3)C[C@@H]2COCC2CC2)C1. The van der Waals surface area contributed by atoms with E-state index in [9.17, 15) is 8.42 Å². The lowest BCUT2D eigenvalue weighted by Gasteiger charge is -2.30. The minimum atomic E-state index is -3.07. The largest absolute Gasteiger partial charge is 0.381 e. The molecule has 2 heterocycles. The van der Waals surface area contributed by atoms with Crippen LogP contribution in [0.1, 0.15) is 32.1 Å². The highest BCUT2D eigenvalue weighted by Crippen LogP contribution is 2.46. The van der Waals surface area contributed by atoms with E-state index < -0.39 is 10.0 Å². The summed E-state index contributed by atoms with van der Waals surface area (Å²) in [4.78, 5) is 2.59. The van der Waals surface area contributed by atoms with Crippen molar-refractivity contribution in [3.8, 4) is 0 Å². The van der Waals surface area contributed by atoms with Crippen LogP contribution < -0.4 is 0 Å². The summed E-state index contributed by atoms with van der Waals surface area (Å²) in [6.45, 7) is 6.48. The third-order valence-corrected chi connectivity index (χ3v) is 7.54. The van der Waals surface area contributed by atoms with Gasteiger partial charge in [0.1, 0.15) is 0 Å². The fourth-order valence-electron chi connectivity index (χ4n) is 4.44. The topological polar surface area (TPSA) is 49.9 Å². The van der Waals surface area contributed by atoms with Crippen molar-refractivity contribution >= 4 is 10.0 Å². The molecule has 2 saturated heterocycles. The van der Waals surface area contributed by atoms with Gasteiger partial charge in [-0.3, -0.25) is 0 Å². The standard InChI is InChI=1S/C17H30N2O3S/c1-23(20,21)19-7-6-17(13-19)12-18(8-14-2-3-14)9-16(17)11-22-10-15-4-5-15/h14-16H,2-13H2,1H3/t16-,17-/m1/s1. The third kappa shape index (κ3) is 3.75. The van der Waals surface area contributed by atoms with Crippen LogP contribution in [0, 0.1) is 23.2 Å². The predicted molar refractivity (Wildman–Crippen MR) is 89.7 cm³/mol. The highest BCUT2D eigenvalue weighted by Gasteiger charge is 2.52. The van der Waals surface area contributed by atoms with Crippen LogP contribution in [0.4, 0.5) is 0 Å². The molecule has 0 aromatic rings. The molecular weight excluding hydrogens is 312 g/mol. The molecule has 6 heteroatoms. The van der Waals surface area contributed by atoms with Crippen LogP contribution in [0.15, 0.2) is 0 Å². The Morgan fingerprint density at radius 1 is 1.09 bits per heavy atom. The lowest BCUT2D eigenvalue weighted by atomic mass is 9.78. The van der Waals surface area contributed by atoms with Crippen LogP contribution >= 0.6 is 0 Å². The van der Waals surface area contributed by atoms with Crippen molar-refractivity contribution in [2.75, 3.05) is 52.2 Å². The maximum absolute atomic E-state index is 11.9. The van der Waals surface area contributed by atoms with Crippen LogP contribution in [0.2, 0.25) is 0 Å². The molecule has 0 unspecified atom stereocenters. The van der Waals surface area contributed by atoms with E-state index in [1.54, 1.807) is 4.31 Å². The molecule has 0 aromatic carbocycles. The highest BCUT2D eigenvalue weighted by atomic mass is 32.2. The van der Waals surface area contributed by atoms with E-state index in [-0.39, 0.29) is 5.41 Å². The number of nitrogens with zero attached hydrogens (tertiary/aromatic N) is 2. The van der Waals surface area contributed by atoms with Crippen LogP contribution in [-0.4, -0.2) is 69.8 Å². The van der Waals surface area contributed by atoms with Crippen molar-refractivity contribution in [1.82, 2.24) is 9.21 Å². The lowest BCUT2D eigenvalue weighted by molar-refractivity contribution is 0.0581. The van der Waals surface area contributed by atoms with Gasteiger partial charge >= 0.3 is 0 Å². The minimum absolute atomic E-state index is 0.127. The summed E-state index contributed by atoms with van der Waals surface area (Å²) in [5.41, 5.74) is 0.127. The first kappa shape index (κ1) is 16.3. The Bertz CT molecular complexity index is 544. The Morgan fingerprint density at radius 3 is 2.43 bits per heavy atom. The van der Waals surface area contributed by atoms with Gasteiger partial charge in [-0.2, -0.15) is 0 Å². The molecule has 0 bridgehead atoms. The van der Waals surface area contributed by atoms with Gasteiger partial charge in [0.15, 0.2) is 0 Å². The van der Waals surface area contributed by atoms with Crippen LogP contribution in [0.25, 0.3) is 0 Å². The molecular formula is C17H30N2O3S. The molecule has 2 aliphatic heterocycles. The molecule has 0 radical (unpaired) electrons. The average molecular weight is 343 g/mol. The van der Waals surface area contributed by atoms with Crippen molar-refractivity contribution < 1.29 is 13.2 Å². The average Bonchev–Trinajstić information content (AvgIpc) is 3.38. The van der Waals surface area contributed by atoms with E-state index in [1.165, 1.54) is 38.5 Å². The quantitative estimate of drug-likeness (QED) is 0.702. The van der Waals surface area contributed by atoms with E-state index in [2.05, 4.69) is 4.90 Å². The number of ether oxygens (including phenoxy) is 1. The van der Waals surface area contributed by atoms with E-state index in [0.29, 0.717) is 19.0 Å². The second-order valence-electron chi connectivity index (χ2n) is 8.52. The molecule has 4 aliphatic rings. The Labute approximate surface area is 140 Å². The summed E-state index contributed by atoms with van der Waals surface area (Å²) in [5.74, 6) is 2.18. The second kappa shape index (κ2) is 5.97. The molecule has 4 rings (SSSR count). The number of hydrogen-bond donors (Lipinski definition) is 0. The summed E-state index contributed by atoms with van der Waals surface area (Å²) in [6.07, 6.45) is 7.75. The Morgan fingerprint density at radius 2 is 1.83 bits per heavy atom. The highest BCUT2D eigenvalue weighted by molar-refractivity contribution is 7.88. The van der Waals surface area contributed by atoms with Gasteiger partial charge in [-0.25, -0.2) is 12.7 Å². The van der Waals surface area contributed by atoms with Gasteiger partial charge in [0.25, 0.3) is 0 Å². The first-order chi connectivity index (χ1) is 10.9. The van der Waals surface area contributed by atoms with Crippen LogP contribution in [-0.2, 0) is 14.8 Å². The Hall–Kier alpha value is -0.170. The maximum atomic E-state index is 11.9. The number of likely N-dealkylation sites (tertiary alicyclic amines) is 1. The molecule has 0 aromatic heterocycles. The molecule has 1 spiro atoms.